The predicted octanol–water partition coefficient (Wildman–Crippen LogP) is 2.04. The van der Waals surface area contributed by atoms with Gasteiger partial charge in [0.2, 0.25) is 11.8 Å². The fourth-order valence-corrected chi connectivity index (χ4v) is 1.82. The first-order valence-corrected chi connectivity index (χ1v) is 7.50. The van der Waals surface area contributed by atoms with Crippen LogP contribution in [0.25, 0.3) is 0 Å². The number of nitrogens with two attached hydrogens (primary N) is 1. The summed E-state index contributed by atoms with van der Waals surface area (Å²) in [6.07, 6.45) is 0.876. The third-order valence-electron chi connectivity index (χ3n) is 3.50. The molecule has 1 aromatic rings. The third kappa shape index (κ3) is 6.27. The Kier molecular flexibility index (Phi) is 6.84. The van der Waals surface area contributed by atoms with Gasteiger partial charge in [0.1, 0.15) is 0 Å². The number of anilines is 1. The Bertz CT molecular complexity index is 443. The van der Waals surface area contributed by atoms with E-state index in [4.69, 9.17) is 10.3 Å². The molecule has 0 aliphatic carbocycles. The highest BCUT2D eigenvalue weighted by atomic mass is 16.5. The number of aromatic nitrogens is 1. The van der Waals surface area contributed by atoms with Gasteiger partial charge in [-0.3, -0.25) is 15.0 Å². The summed E-state index contributed by atoms with van der Waals surface area (Å²) in [7, 11) is 1.91. The van der Waals surface area contributed by atoms with Gasteiger partial charge in [0.25, 0.3) is 0 Å². The number of hydrogen-bond donors (Lipinski definition) is 2. The molecule has 1 atom stereocenters. The minimum atomic E-state index is -0.109. The quantitative estimate of drug-likeness (QED) is 0.767. The molecule has 1 unspecified atom stereocenters. The van der Waals surface area contributed by atoms with Gasteiger partial charge in [0, 0.05) is 12.1 Å². The van der Waals surface area contributed by atoms with Gasteiger partial charge in [-0.25, -0.2) is 0 Å². The predicted molar refractivity (Wildman–Crippen MR) is 84.1 cm³/mol. The van der Waals surface area contributed by atoms with Crippen molar-refractivity contribution < 1.29 is 9.32 Å². The van der Waals surface area contributed by atoms with Crippen molar-refractivity contribution in [2.24, 2.45) is 11.7 Å². The van der Waals surface area contributed by atoms with Gasteiger partial charge >= 0.3 is 0 Å². The molecule has 21 heavy (non-hydrogen) atoms. The monoisotopic (exact) mass is 296 g/mol. The number of rotatable bonds is 8. The normalized spacial score (nSPS) is 13.2. The number of carbonyl (C=O) groups excluding carboxylic acids is 1. The van der Waals surface area contributed by atoms with Crippen LogP contribution in [0.15, 0.2) is 10.6 Å². The fourth-order valence-electron chi connectivity index (χ4n) is 1.82. The molecular formula is C15H28N4O2. The fraction of sp³-hybridized carbons (Fsp3) is 0.733. The molecular weight excluding hydrogens is 268 g/mol. The van der Waals surface area contributed by atoms with Crippen molar-refractivity contribution in [1.29, 1.82) is 0 Å². The Hall–Kier alpha value is -1.40. The molecule has 0 bridgehead atoms. The average Bonchev–Trinajstić information content (AvgIpc) is 2.84. The van der Waals surface area contributed by atoms with Gasteiger partial charge in [-0.1, -0.05) is 32.9 Å². The van der Waals surface area contributed by atoms with Crippen LogP contribution in [0.1, 0.15) is 45.7 Å². The van der Waals surface area contributed by atoms with Crippen LogP contribution < -0.4 is 11.1 Å². The maximum absolute atomic E-state index is 11.9. The molecule has 3 N–H and O–H groups in total. The lowest BCUT2D eigenvalue weighted by atomic mass is 10.0. The first-order chi connectivity index (χ1) is 9.79. The highest BCUT2D eigenvalue weighted by molar-refractivity contribution is 5.90. The van der Waals surface area contributed by atoms with Crippen LogP contribution in [0.5, 0.6) is 0 Å². The zero-order valence-corrected chi connectivity index (χ0v) is 13.7. The number of nitrogens with zero attached hydrogens (tertiary/aromatic N) is 2. The smallest absolute Gasteiger partial charge is 0.240 e. The van der Waals surface area contributed by atoms with E-state index in [9.17, 15) is 4.79 Å². The van der Waals surface area contributed by atoms with E-state index in [0.717, 1.165) is 18.7 Å². The molecule has 0 fully saturated rings. The molecule has 1 aromatic heterocycles. The van der Waals surface area contributed by atoms with Crippen LogP contribution in [0.3, 0.4) is 0 Å². The largest absolute Gasteiger partial charge is 0.338 e. The van der Waals surface area contributed by atoms with Crippen molar-refractivity contribution >= 4 is 11.8 Å². The van der Waals surface area contributed by atoms with Gasteiger partial charge in [-0.05, 0) is 31.8 Å². The van der Waals surface area contributed by atoms with Gasteiger partial charge in [0.05, 0.1) is 12.2 Å². The highest BCUT2D eigenvalue weighted by Gasteiger charge is 2.13. The Balaban J connectivity index is 2.35. The van der Waals surface area contributed by atoms with Crippen LogP contribution >= 0.6 is 0 Å². The zero-order chi connectivity index (χ0) is 16.0. The van der Waals surface area contributed by atoms with Crippen LogP contribution in [0.4, 0.5) is 5.88 Å². The highest BCUT2D eigenvalue weighted by Crippen LogP contribution is 2.17. The molecule has 0 saturated heterocycles. The minimum absolute atomic E-state index is 0.109. The van der Waals surface area contributed by atoms with Gasteiger partial charge < -0.3 is 10.3 Å². The van der Waals surface area contributed by atoms with Crippen molar-refractivity contribution in [3.8, 4) is 0 Å². The zero-order valence-electron chi connectivity index (χ0n) is 13.7. The van der Waals surface area contributed by atoms with E-state index in [-0.39, 0.29) is 17.9 Å². The lowest BCUT2D eigenvalue weighted by Crippen LogP contribution is -2.35. The van der Waals surface area contributed by atoms with Crippen LogP contribution in [-0.4, -0.2) is 42.1 Å². The van der Waals surface area contributed by atoms with E-state index in [1.807, 2.05) is 25.8 Å². The molecule has 6 nitrogen and oxygen atoms in total. The van der Waals surface area contributed by atoms with Crippen LogP contribution in [0.2, 0.25) is 0 Å². The summed E-state index contributed by atoms with van der Waals surface area (Å²) in [6, 6.07) is 1.93. The molecule has 120 valence electrons. The number of amides is 1. The molecule has 0 aliphatic heterocycles. The Morgan fingerprint density at radius 2 is 2.10 bits per heavy atom. The summed E-state index contributed by atoms with van der Waals surface area (Å²) >= 11 is 0. The van der Waals surface area contributed by atoms with Gasteiger partial charge in [-0.2, -0.15) is 0 Å². The van der Waals surface area contributed by atoms with Gasteiger partial charge in [0.15, 0.2) is 0 Å². The Morgan fingerprint density at radius 3 is 2.62 bits per heavy atom. The van der Waals surface area contributed by atoms with Crippen molar-refractivity contribution in [1.82, 2.24) is 10.1 Å². The van der Waals surface area contributed by atoms with Crippen molar-refractivity contribution in [3.05, 3.63) is 11.8 Å². The number of carbonyl (C=O) groups is 1. The van der Waals surface area contributed by atoms with E-state index < -0.39 is 0 Å². The van der Waals surface area contributed by atoms with E-state index >= 15 is 0 Å². The van der Waals surface area contributed by atoms with Crippen molar-refractivity contribution in [2.45, 2.75) is 46.1 Å². The molecule has 0 radical (unpaired) electrons. The van der Waals surface area contributed by atoms with Crippen LogP contribution in [0, 0.1) is 5.92 Å². The second kappa shape index (κ2) is 8.14. The SMILES string of the molecule is CC(C)c1cc(NC(=O)CN(C)CCC(N)C(C)C)on1. The Labute approximate surface area is 127 Å². The average molecular weight is 296 g/mol. The number of likely N-dealkylation sites (N-methyl/N-ethyl adjacent to an activating group) is 1. The summed E-state index contributed by atoms with van der Waals surface area (Å²) < 4.78 is 5.09. The summed E-state index contributed by atoms with van der Waals surface area (Å²) in [5.74, 6) is 1.02. The Morgan fingerprint density at radius 1 is 1.43 bits per heavy atom. The summed E-state index contributed by atoms with van der Waals surface area (Å²) in [5, 5.41) is 6.62. The molecule has 0 saturated carbocycles. The maximum Gasteiger partial charge on any atom is 0.240 e. The first-order valence-electron chi connectivity index (χ1n) is 7.50. The molecule has 1 rings (SSSR count). The summed E-state index contributed by atoms with van der Waals surface area (Å²) in [4.78, 5) is 13.9. The molecule has 0 aliphatic rings. The van der Waals surface area contributed by atoms with Crippen molar-refractivity contribution in [2.75, 3.05) is 25.5 Å². The molecule has 0 spiro atoms. The minimum Gasteiger partial charge on any atom is -0.338 e. The standard InChI is InChI=1S/C15H28N4O2/c1-10(2)12(16)6-7-19(5)9-14(20)17-15-8-13(11(3)4)18-21-15/h8,10-12H,6-7,9,16H2,1-5H3,(H,17,20). The molecule has 6 heteroatoms. The summed E-state index contributed by atoms with van der Waals surface area (Å²) in [6.45, 7) is 9.36. The number of nitrogens with one attached hydrogen (secondary N) is 1. The summed E-state index contributed by atoms with van der Waals surface area (Å²) in [5.41, 5.74) is 6.83. The van der Waals surface area contributed by atoms with Crippen molar-refractivity contribution in [3.63, 3.8) is 0 Å². The molecule has 1 heterocycles. The van der Waals surface area contributed by atoms with E-state index in [1.165, 1.54) is 0 Å². The van der Waals surface area contributed by atoms with Crippen LogP contribution in [-0.2, 0) is 4.79 Å². The van der Waals surface area contributed by atoms with E-state index in [1.54, 1.807) is 6.07 Å². The number of hydrogen-bond acceptors (Lipinski definition) is 5. The first kappa shape index (κ1) is 17.7. The lowest BCUT2D eigenvalue weighted by Gasteiger charge is -2.20. The lowest BCUT2D eigenvalue weighted by molar-refractivity contribution is -0.117. The van der Waals surface area contributed by atoms with Gasteiger partial charge in [-0.15, -0.1) is 0 Å². The molecule has 0 aromatic carbocycles. The second-order valence-electron chi connectivity index (χ2n) is 6.25. The third-order valence-corrected chi connectivity index (χ3v) is 3.50. The second-order valence-corrected chi connectivity index (χ2v) is 6.25. The van der Waals surface area contributed by atoms with E-state index in [0.29, 0.717) is 18.3 Å². The topological polar surface area (TPSA) is 84.4 Å². The molecule has 1 amide bonds. The van der Waals surface area contributed by atoms with E-state index in [2.05, 4.69) is 24.3 Å². The maximum atomic E-state index is 11.9.